The number of hydrogen-bond donors (Lipinski definition) is 1. The quantitative estimate of drug-likeness (QED) is 0.744. The minimum absolute atomic E-state index is 0.203. The molecule has 0 amide bonds. The van der Waals surface area contributed by atoms with Crippen LogP contribution in [0.3, 0.4) is 0 Å². The van der Waals surface area contributed by atoms with Crippen LogP contribution < -0.4 is 5.73 Å². The van der Waals surface area contributed by atoms with Gasteiger partial charge >= 0.3 is 11.9 Å². The molecule has 0 radical (unpaired) electrons. The SMILES string of the molecule is CC(C)COC(=O)[C@@H](N)[C@H](C(=O)OCC(C)C)c1ccccc1. The highest BCUT2D eigenvalue weighted by Crippen LogP contribution is 2.22. The van der Waals surface area contributed by atoms with Crippen molar-refractivity contribution in [2.75, 3.05) is 13.2 Å². The van der Waals surface area contributed by atoms with E-state index in [0.29, 0.717) is 5.56 Å². The molecule has 1 aromatic rings. The summed E-state index contributed by atoms with van der Waals surface area (Å²) in [5.41, 5.74) is 6.66. The van der Waals surface area contributed by atoms with Crippen molar-refractivity contribution in [3.05, 3.63) is 35.9 Å². The molecule has 0 aromatic heterocycles. The molecular weight excluding hydrogens is 294 g/mol. The highest BCUT2D eigenvalue weighted by molar-refractivity contribution is 5.88. The number of esters is 2. The lowest BCUT2D eigenvalue weighted by molar-refractivity contribution is -0.154. The van der Waals surface area contributed by atoms with E-state index in [1.807, 2.05) is 33.8 Å². The fourth-order valence-electron chi connectivity index (χ4n) is 1.97. The molecule has 2 atom stereocenters. The Morgan fingerprint density at radius 1 is 0.913 bits per heavy atom. The van der Waals surface area contributed by atoms with Gasteiger partial charge in [-0.3, -0.25) is 9.59 Å². The van der Waals surface area contributed by atoms with Gasteiger partial charge in [-0.1, -0.05) is 58.0 Å². The number of rotatable bonds is 8. The number of nitrogens with two attached hydrogens (primary N) is 1. The molecule has 23 heavy (non-hydrogen) atoms. The summed E-state index contributed by atoms with van der Waals surface area (Å²) in [5, 5.41) is 0. The normalized spacial score (nSPS) is 13.7. The third kappa shape index (κ3) is 6.40. The highest BCUT2D eigenvalue weighted by atomic mass is 16.5. The standard InChI is InChI=1S/C18H27NO4/c1-12(2)10-22-17(20)15(14-8-6-5-7-9-14)16(19)18(21)23-11-13(3)4/h5-9,12-13,15-16H,10-11,19H2,1-4H3/t15-,16+/m1/s1. The van der Waals surface area contributed by atoms with Crippen molar-refractivity contribution in [1.82, 2.24) is 0 Å². The molecular formula is C18H27NO4. The first kappa shape index (κ1) is 19.2. The predicted molar refractivity (Wildman–Crippen MR) is 88.8 cm³/mol. The lowest BCUT2D eigenvalue weighted by atomic mass is 9.92. The first-order chi connectivity index (χ1) is 10.8. The molecule has 1 aromatic carbocycles. The molecule has 0 spiro atoms. The van der Waals surface area contributed by atoms with Crippen molar-refractivity contribution in [2.45, 2.75) is 39.7 Å². The van der Waals surface area contributed by atoms with Crippen LogP contribution in [0, 0.1) is 11.8 Å². The summed E-state index contributed by atoms with van der Waals surface area (Å²) in [6.45, 7) is 8.32. The van der Waals surface area contributed by atoms with E-state index in [2.05, 4.69) is 0 Å². The topological polar surface area (TPSA) is 78.6 Å². The average molecular weight is 321 g/mol. The second-order valence-corrected chi connectivity index (χ2v) is 6.46. The van der Waals surface area contributed by atoms with Crippen molar-refractivity contribution in [2.24, 2.45) is 17.6 Å². The van der Waals surface area contributed by atoms with Gasteiger partial charge in [-0.05, 0) is 17.4 Å². The largest absolute Gasteiger partial charge is 0.465 e. The zero-order chi connectivity index (χ0) is 17.4. The average Bonchev–Trinajstić information content (AvgIpc) is 2.51. The molecule has 0 aliphatic rings. The van der Waals surface area contributed by atoms with E-state index in [0.717, 1.165) is 0 Å². The Kier molecular flexibility index (Phi) is 7.75. The zero-order valence-corrected chi connectivity index (χ0v) is 14.3. The Labute approximate surface area is 138 Å². The first-order valence-corrected chi connectivity index (χ1v) is 7.96. The highest BCUT2D eigenvalue weighted by Gasteiger charge is 2.34. The molecule has 5 heteroatoms. The maximum absolute atomic E-state index is 12.4. The summed E-state index contributed by atoms with van der Waals surface area (Å²) in [5.74, 6) is -1.55. The Balaban J connectivity index is 2.90. The van der Waals surface area contributed by atoms with Crippen LogP contribution in [-0.2, 0) is 19.1 Å². The predicted octanol–water partition coefficient (Wildman–Crippen LogP) is 2.50. The molecule has 0 saturated carbocycles. The number of hydrogen-bond acceptors (Lipinski definition) is 5. The third-order valence-corrected chi connectivity index (χ3v) is 3.16. The van der Waals surface area contributed by atoms with Crippen LogP contribution in [0.25, 0.3) is 0 Å². The van der Waals surface area contributed by atoms with E-state index in [-0.39, 0.29) is 25.0 Å². The smallest absolute Gasteiger partial charge is 0.324 e. The van der Waals surface area contributed by atoms with Gasteiger partial charge in [-0.25, -0.2) is 0 Å². The summed E-state index contributed by atoms with van der Waals surface area (Å²) in [6.07, 6.45) is 0. The van der Waals surface area contributed by atoms with E-state index in [4.69, 9.17) is 15.2 Å². The van der Waals surface area contributed by atoms with Crippen LogP contribution in [-0.4, -0.2) is 31.2 Å². The van der Waals surface area contributed by atoms with Gasteiger partial charge in [-0.2, -0.15) is 0 Å². The molecule has 0 aliphatic carbocycles. The van der Waals surface area contributed by atoms with Crippen LogP contribution in [0.1, 0.15) is 39.2 Å². The Hall–Kier alpha value is -1.88. The summed E-state index contributed by atoms with van der Waals surface area (Å²) in [7, 11) is 0. The van der Waals surface area contributed by atoms with Crippen molar-refractivity contribution < 1.29 is 19.1 Å². The van der Waals surface area contributed by atoms with Crippen LogP contribution in [0.2, 0.25) is 0 Å². The molecule has 0 fully saturated rings. The molecule has 0 heterocycles. The maximum atomic E-state index is 12.4. The molecule has 0 bridgehead atoms. The van der Waals surface area contributed by atoms with Gasteiger partial charge in [0.25, 0.3) is 0 Å². The van der Waals surface area contributed by atoms with E-state index < -0.39 is 23.9 Å². The van der Waals surface area contributed by atoms with Crippen LogP contribution in [0.4, 0.5) is 0 Å². The summed E-state index contributed by atoms with van der Waals surface area (Å²) in [4.78, 5) is 24.6. The monoisotopic (exact) mass is 321 g/mol. The number of benzene rings is 1. The first-order valence-electron chi connectivity index (χ1n) is 7.96. The molecule has 1 rings (SSSR count). The number of carbonyl (C=O) groups is 2. The second-order valence-electron chi connectivity index (χ2n) is 6.46. The van der Waals surface area contributed by atoms with Gasteiger partial charge in [0.05, 0.1) is 13.2 Å². The Bertz CT molecular complexity index is 499. The van der Waals surface area contributed by atoms with Gasteiger partial charge in [-0.15, -0.1) is 0 Å². The maximum Gasteiger partial charge on any atom is 0.324 e. The fourth-order valence-corrected chi connectivity index (χ4v) is 1.97. The number of ether oxygens (including phenoxy) is 2. The molecule has 128 valence electrons. The lowest BCUT2D eigenvalue weighted by Crippen LogP contribution is -2.42. The van der Waals surface area contributed by atoms with Crippen molar-refractivity contribution in [3.63, 3.8) is 0 Å². The fraction of sp³-hybridized carbons (Fsp3) is 0.556. The molecule has 0 saturated heterocycles. The van der Waals surface area contributed by atoms with Gasteiger partial charge in [0.2, 0.25) is 0 Å². The van der Waals surface area contributed by atoms with Crippen LogP contribution >= 0.6 is 0 Å². The van der Waals surface area contributed by atoms with Crippen molar-refractivity contribution >= 4 is 11.9 Å². The summed E-state index contributed by atoms with van der Waals surface area (Å²) >= 11 is 0. The molecule has 5 nitrogen and oxygen atoms in total. The van der Waals surface area contributed by atoms with Gasteiger partial charge in [0.1, 0.15) is 12.0 Å². The van der Waals surface area contributed by atoms with Crippen LogP contribution in [0.15, 0.2) is 30.3 Å². The summed E-state index contributed by atoms with van der Waals surface area (Å²) in [6, 6.07) is 7.86. The van der Waals surface area contributed by atoms with Gasteiger partial charge in [0, 0.05) is 0 Å². The Morgan fingerprint density at radius 2 is 1.39 bits per heavy atom. The lowest BCUT2D eigenvalue weighted by Gasteiger charge is -2.22. The minimum Gasteiger partial charge on any atom is -0.465 e. The van der Waals surface area contributed by atoms with Gasteiger partial charge in [0.15, 0.2) is 0 Å². The van der Waals surface area contributed by atoms with E-state index in [1.165, 1.54) is 0 Å². The van der Waals surface area contributed by atoms with E-state index >= 15 is 0 Å². The second kappa shape index (κ2) is 9.30. The zero-order valence-electron chi connectivity index (χ0n) is 14.3. The van der Waals surface area contributed by atoms with Crippen molar-refractivity contribution in [1.29, 1.82) is 0 Å². The van der Waals surface area contributed by atoms with Crippen LogP contribution in [0.5, 0.6) is 0 Å². The number of carbonyl (C=O) groups excluding carboxylic acids is 2. The molecule has 0 unspecified atom stereocenters. The van der Waals surface area contributed by atoms with E-state index in [1.54, 1.807) is 24.3 Å². The molecule has 2 N–H and O–H groups in total. The summed E-state index contributed by atoms with van der Waals surface area (Å²) < 4.78 is 10.5. The van der Waals surface area contributed by atoms with Gasteiger partial charge < -0.3 is 15.2 Å². The minimum atomic E-state index is -1.09. The third-order valence-electron chi connectivity index (χ3n) is 3.16. The van der Waals surface area contributed by atoms with E-state index in [9.17, 15) is 9.59 Å². The van der Waals surface area contributed by atoms with Crippen molar-refractivity contribution in [3.8, 4) is 0 Å². The Morgan fingerprint density at radius 3 is 1.87 bits per heavy atom. The molecule has 0 aliphatic heterocycles.